The van der Waals surface area contributed by atoms with E-state index in [9.17, 15) is 9.18 Å². The number of carbonyl (C=O) groups excluding carboxylic acids is 1. The van der Waals surface area contributed by atoms with Crippen molar-refractivity contribution >= 4 is 69.2 Å². The van der Waals surface area contributed by atoms with Gasteiger partial charge in [0.25, 0.3) is 0 Å². The predicted octanol–water partition coefficient (Wildman–Crippen LogP) is 6.96. The molecule has 38 heavy (non-hydrogen) atoms. The highest BCUT2D eigenvalue weighted by atomic mass is 35.5. The molecule has 5 rings (SSSR count). The van der Waals surface area contributed by atoms with Crippen LogP contribution < -0.4 is 10.6 Å². The van der Waals surface area contributed by atoms with E-state index in [1.165, 1.54) is 29.1 Å². The molecule has 5 aromatic rings. The van der Waals surface area contributed by atoms with E-state index < -0.39 is 5.91 Å². The van der Waals surface area contributed by atoms with Crippen LogP contribution in [0.1, 0.15) is 11.3 Å². The van der Waals surface area contributed by atoms with Gasteiger partial charge in [0, 0.05) is 22.3 Å². The van der Waals surface area contributed by atoms with Crippen molar-refractivity contribution in [1.29, 1.82) is 0 Å². The topological polar surface area (TPSA) is 85.0 Å². The Hall–Kier alpha value is -4.05. The summed E-state index contributed by atoms with van der Waals surface area (Å²) < 4.78 is 19.0. The molecule has 11 heteroatoms. The van der Waals surface area contributed by atoms with Crippen LogP contribution in [0.5, 0.6) is 0 Å². The van der Waals surface area contributed by atoms with Gasteiger partial charge in [-0.25, -0.2) is 4.39 Å². The van der Waals surface area contributed by atoms with E-state index in [1.54, 1.807) is 48.5 Å². The number of thiocarbonyl (C=S) groups is 1. The van der Waals surface area contributed by atoms with Crippen molar-refractivity contribution in [3.63, 3.8) is 0 Å². The maximum atomic E-state index is 13.2. The van der Waals surface area contributed by atoms with Gasteiger partial charge in [0.05, 0.1) is 10.7 Å². The van der Waals surface area contributed by atoms with Gasteiger partial charge in [-0.2, -0.15) is 4.80 Å². The van der Waals surface area contributed by atoms with Gasteiger partial charge in [0.15, 0.2) is 5.11 Å². The number of carbonyl (C=O) groups is 1. The molecule has 1 amide bonds. The summed E-state index contributed by atoms with van der Waals surface area (Å²) in [5.74, 6) is 0.234. The largest absolute Gasteiger partial charge is 0.457 e. The van der Waals surface area contributed by atoms with Crippen molar-refractivity contribution in [2.45, 2.75) is 6.92 Å². The molecule has 0 aliphatic heterocycles. The first-order chi connectivity index (χ1) is 18.2. The van der Waals surface area contributed by atoms with E-state index >= 15 is 0 Å². The number of halogens is 3. The number of aryl methyl sites for hydroxylation is 1. The molecule has 190 valence electrons. The Labute approximate surface area is 231 Å². The maximum Gasteiger partial charge on any atom is 0.250 e. The molecule has 0 radical (unpaired) electrons. The van der Waals surface area contributed by atoms with Crippen LogP contribution in [0.2, 0.25) is 10.0 Å². The number of rotatable bonds is 5. The lowest BCUT2D eigenvalue weighted by atomic mass is 10.2. The number of nitrogens with one attached hydrogen (secondary N) is 2. The number of fused-ring (bicyclic) bond motifs is 1. The number of aromatic nitrogens is 3. The SMILES string of the molecule is Cc1cc2nn(-c3ccc(F)cc3)nc2cc1NC(=S)NC(=O)/C=C/c1ccc(-c2ccc(Cl)cc2Cl)o1. The number of nitrogens with zero attached hydrogens (tertiary/aromatic N) is 3. The van der Waals surface area contributed by atoms with Gasteiger partial charge in [-0.15, -0.1) is 10.2 Å². The van der Waals surface area contributed by atoms with Gasteiger partial charge in [-0.3, -0.25) is 10.1 Å². The van der Waals surface area contributed by atoms with E-state index in [0.29, 0.717) is 49.5 Å². The molecule has 2 aromatic heterocycles. The number of amides is 1. The maximum absolute atomic E-state index is 13.2. The van der Waals surface area contributed by atoms with Gasteiger partial charge >= 0.3 is 0 Å². The molecule has 0 bridgehead atoms. The molecule has 0 spiro atoms. The fourth-order valence-electron chi connectivity index (χ4n) is 3.63. The van der Waals surface area contributed by atoms with Crippen LogP contribution in [0.4, 0.5) is 10.1 Å². The normalized spacial score (nSPS) is 11.3. The van der Waals surface area contributed by atoms with Gasteiger partial charge < -0.3 is 9.73 Å². The molecule has 2 N–H and O–H groups in total. The first-order valence-electron chi connectivity index (χ1n) is 11.2. The van der Waals surface area contributed by atoms with Crippen molar-refractivity contribution < 1.29 is 13.6 Å². The van der Waals surface area contributed by atoms with Crippen molar-refractivity contribution in [3.8, 4) is 17.0 Å². The summed E-state index contributed by atoms with van der Waals surface area (Å²) in [5, 5.41) is 15.6. The van der Waals surface area contributed by atoms with E-state index in [-0.39, 0.29) is 10.9 Å². The summed E-state index contributed by atoms with van der Waals surface area (Å²) in [6, 6.07) is 18.1. The van der Waals surface area contributed by atoms with E-state index in [4.69, 9.17) is 39.8 Å². The summed E-state index contributed by atoms with van der Waals surface area (Å²) >= 11 is 17.5. The third kappa shape index (κ3) is 5.75. The summed E-state index contributed by atoms with van der Waals surface area (Å²) in [5.41, 5.74) is 4.09. The average Bonchev–Trinajstić information content (AvgIpc) is 3.50. The minimum Gasteiger partial charge on any atom is -0.457 e. The number of hydrogen-bond donors (Lipinski definition) is 2. The number of anilines is 1. The van der Waals surface area contributed by atoms with Crippen LogP contribution in [0, 0.1) is 12.7 Å². The number of furan rings is 1. The lowest BCUT2D eigenvalue weighted by molar-refractivity contribution is -0.115. The van der Waals surface area contributed by atoms with Crippen LogP contribution in [-0.2, 0) is 4.79 Å². The fraction of sp³-hybridized carbons (Fsp3) is 0.0370. The predicted molar refractivity (Wildman–Crippen MR) is 151 cm³/mol. The third-order valence-electron chi connectivity index (χ3n) is 5.49. The lowest BCUT2D eigenvalue weighted by Gasteiger charge is -2.10. The van der Waals surface area contributed by atoms with Gasteiger partial charge in [-0.1, -0.05) is 23.2 Å². The van der Waals surface area contributed by atoms with Gasteiger partial charge in [0.2, 0.25) is 5.91 Å². The highest BCUT2D eigenvalue weighted by Crippen LogP contribution is 2.31. The smallest absolute Gasteiger partial charge is 0.250 e. The molecular formula is C27H18Cl2FN5O2S. The van der Waals surface area contributed by atoms with Crippen molar-refractivity contribution in [3.05, 3.63) is 100.0 Å². The zero-order valence-corrected chi connectivity index (χ0v) is 22.0. The monoisotopic (exact) mass is 565 g/mol. The molecule has 2 heterocycles. The van der Waals surface area contributed by atoms with Crippen LogP contribution >= 0.6 is 35.4 Å². The molecule has 3 aromatic carbocycles. The molecule has 0 aliphatic carbocycles. The van der Waals surface area contributed by atoms with E-state index in [0.717, 1.165) is 5.56 Å². The lowest BCUT2D eigenvalue weighted by Crippen LogP contribution is -2.33. The van der Waals surface area contributed by atoms with Crippen molar-refractivity contribution in [2.75, 3.05) is 5.32 Å². The highest BCUT2D eigenvalue weighted by molar-refractivity contribution is 7.80. The van der Waals surface area contributed by atoms with Crippen LogP contribution in [0.25, 0.3) is 34.1 Å². The number of benzene rings is 3. The Bertz CT molecular complexity index is 1710. The van der Waals surface area contributed by atoms with Gasteiger partial charge in [-0.05, 0) is 97.5 Å². The highest BCUT2D eigenvalue weighted by Gasteiger charge is 2.11. The third-order valence-corrected chi connectivity index (χ3v) is 6.24. The van der Waals surface area contributed by atoms with Gasteiger partial charge in [0.1, 0.15) is 28.4 Å². The standard InChI is InChI=1S/C27H18Cl2FN5O2S/c1-15-12-23-24(34-35(33-23)18-5-3-17(30)4-6-18)14-22(15)31-27(38)32-26(36)11-8-19-7-10-25(37-19)20-9-2-16(28)13-21(20)29/h2-14H,1H3,(H2,31,32,36,38)/b11-8+. The first-order valence-corrected chi connectivity index (χ1v) is 12.4. The molecule has 0 unspecified atom stereocenters. The molecule has 0 saturated carbocycles. The van der Waals surface area contributed by atoms with E-state index in [2.05, 4.69) is 20.8 Å². The van der Waals surface area contributed by atoms with Crippen LogP contribution in [-0.4, -0.2) is 26.0 Å². The second-order valence-corrected chi connectivity index (χ2v) is 9.48. The second-order valence-electron chi connectivity index (χ2n) is 8.22. The van der Waals surface area contributed by atoms with Crippen molar-refractivity contribution in [2.24, 2.45) is 0 Å². The molecule has 7 nitrogen and oxygen atoms in total. The second kappa shape index (κ2) is 10.7. The zero-order chi connectivity index (χ0) is 26.8. The fourth-order valence-corrected chi connectivity index (χ4v) is 4.35. The molecule has 0 aliphatic rings. The minimum absolute atomic E-state index is 0.112. The molecule has 0 fully saturated rings. The molecule has 0 saturated heterocycles. The Morgan fingerprint density at radius 3 is 2.50 bits per heavy atom. The van der Waals surface area contributed by atoms with Crippen LogP contribution in [0.3, 0.4) is 0 Å². The Morgan fingerprint density at radius 1 is 1.03 bits per heavy atom. The van der Waals surface area contributed by atoms with Crippen molar-refractivity contribution in [1.82, 2.24) is 20.3 Å². The Kier molecular flexibility index (Phi) is 7.24. The summed E-state index contributed by atoms with van der Waals surface area (Å²) in [4.78, 5) is 13.8. The quantitative estimate of drug-likeness (QED) is 0.177. The number of hydrogen-bond acceptors (Lipinski definition) is 5. The summed E-state index contributed by atoms with van der Waals surface area (Å²) in [6.07, 6.45) is 2.83. The average molecular weight is 566 g/mol. The summed E-state index contributed by atoms with van der Waals surface area (Å²) in [6.45, 7) is 1.88. The minimum atomic E-state index is -0.439. The Morgan fingerprint density at radius 2 is 1.76 bits per heavy atom. The first kappa shape index (κ1) is 25.6. The summed E-state index contributed by atoms with van der Waals surface area (Å²) in [7, 11) is 0. The Balaban J connectivity index is 1.23. The molecule has 0 atom stereocenters. The van der Waals surface area contributed by atoms with Crippen LogP contribution in [0.15, 0.2) is 77.2 Å². The molecular weight excluding hydrogens is 548 g/mol. The zero-order valence-electron chi connectivity index (χ0n) is 19.7. The van der Waals surface area contributed by atoms with E-state index in [1.807, 2.05) is 13.0 Å².